The number of rotatable bonds is 5. The maximum Gasteiger partial charge on any atom is 0.311 e. The van der Waals surface area contributed by atoms with Crippen molar-refractivity contribution in [1.82, 2.24) is 4.98 Å². The van der Waals surface area contributed by atoms with Crippen LogP contribution in [0.4, 0.5) is 11.5 Å². The molecule has 0 unspecified atom stereocenters. The molecule has 0 aliphatic rings. The van der Waals surface area contributed by atoms with Crippen molar-refractivity contribution < 1.29 is 4.92 Å². The molecule has 1 heterocycles. The van der Waals surface area contributed by atoms with E-state index in [2.05, 4.69) is 10.3 Å². The molecule has 0 spiro atoms. The van der Waals surface area contributed by atoms with E-state index in [1.54, 1.807) is 0 Å². The fraction of sp³-hybridized carbons (Fsp3) is 0.154. The molecule has 19 heavy (non-hydrogen) atoms. The third-order valence-electron chi connectivity index (χ3n) is 2.59. The van der Waals surface area contributed by atoms with Crippen LogP contribution in [0.3, 0.4) is 0 Å². The Morgan fingerprint density at radius 3 is 2.63 bits per heavy atom. The summed E-state index contributed by atoms with van der Waals surface area (Å²) in [5.74, 6) is 0.202. The molecule has 0 amide bonds. The zero-order chi connectivity index (χ0) is 13.7. The lowest BCUT2D eigenvalue weighted by Gasteiger charge is -2.06. The van der Waals surface area contributed by atoms with Gasteiger partial charge in [0.05, 0.1) is 4.92 Å². The van der Waals surface area contributed by atoms with Gasteiger partial charge in [0, 0.05) is 12.6 Å². The summed E-state index contributed by atoms with van der Waals surface area (Å²) in [6.45, 7) is 0.554. The summed E-state index contributed by atoms with van der Waals surface area (Å²) in [6, 6.07) is 12.6. The molecule has 1 aromatic heterocycles. The van der Waals surface area contributed by atoms with Crippen LogP contribution < -0.4 is 5.32 Å². The Hall–Kier alpha value is -2.14. The highest BCUT2D eigenvalue weighted by atomic mass is 35.5. The third-order valence-corrected chi connectivity index (χ3v) is 2.80. The number of benzene rings is 1. The predicted octanol–water partition coefficient (Wildman–Crippen LogP) is 3.30. The quantitative estimate of drug-likeness (QED) is 0.517. The lowest BCUT2D eigenvalue weighted by Crippen LogP contribution is -2.08. The average molecular weight is 278 g/mol. The van der Waals surface area contributed by atoms with E-state index in [9.17, 15) is 10.1 Å². The molecule has 5 nitrogen and oxygen atoms in total. The molecule has 2 rings (SSSR count). The van der Waals surface area contributed by atoms with E-state index in [1.165, 1.54) is 12.1 Å². The van der Waals surface area contributed by atoms with E-state index in [0.717, 1.165) is 12.0 Å². The van der Waals surface area contributed by atoms with Crippen LogP contribution in [-0.2, 0) is 6.42 Å². The molecule has 0 fully saturated rings. The van der Waals surface area contributed by atoms with Gasteiger partial charge in [-0.05, 0) is 18.1 Å². The Kier molecular flexibility index (Phi) is 4.30. The van der Waals surface area contributed by atoms with E-state index in [0.29, 0.717) is 6.54 Å². The molecule has 0 saturated carbocycles. The van der Waals surface area contributed by atoms with Gasteiger partial charge in [0.1, 0.15) is 5.15 Å². The van der Waals surface area contributed by atoms with Gasteiger partial charge in [-0.1, -0.05) is 41.9 Å². The number of nitrogens with zero attached hydrogens (tertiary/aromatic N) is 2. The van der Waals surface area contributed by atoms with Gasteiger partial charge in [0.15, 0.2) is 0 Å². The van der Waals surface area contributed by atoms with E-state index in [1.807, 2.05) is 30.3 Å². The van der Waals surface area contributed by atoms with E-state index < -0.39 is 4.92 Å². The molecule has 2 aromatic rings. The second kappa shape index (κ2) is 6.15. The highest BCUT2D eigenvalue weighted by molar-refractivity contribution is 6.29. The maximum absolute atomic E-state index is 10.8. The molecule has 0 aliphatic carbocycles. The highest BCUT2D eigenvalue weighted by Gasteiger charge is 2.14. The number of hydrogen-bond acceptors (Lipinski definition) is 4. The monoisotopic (exact) mass is 277 g/mol. The number of aromatic nitrogens is 1. The first-order valence-corrected chi connectivity index (χ1v) is 6.13. The summed E-state index contributed by atoms with van der Waals surface area (Å²) in [4.78, 5) is 14.3. The van der Waals surface area contributed by atoms with Crippen LogP contribution in [0.2, 0.25) is 5.15 Å². The van der Waals surface area contributed by atoms with E-state index in [4.69, 9.17) is 11.6 Å². The van der Waals surface area contributed by atoms with Gasteiger partial charge in [-0.2, -0.15) is 0 Å². The van der Waals surface area contributed by atoms with Crippen molar-refractivity contribution in [1.29, 1.82) is 0 Å². The fourth-order valence-electron chi connectivity index (χ4n) is 1.68. The lowest BCUT2D eigenvalue weighted by atomic mass is 10.1. The van der Waals surface area contributed by atoms with E-state index >= 15 is 0 Å². The Morgan fingerprint density at radius 2 is 1.95 bits per heavy atom. The van der Waals surface area contributed by atoms with Crippen molar-refractivity contribution in [2.45, 2.75) is 6.42 Å². The summed E-state index contributed by atoms with van der Waals surface area (Å²) in [6.07, 6.45) is 0.756. The molecule has 0 radical (unpaired) electrons. The smallest absolute Gasteiger partial charge is 0.311 e. The molecular weight excluding hydrogens is 266 g/mol. The molecule has 0 aliphatic heterocycles. The van der Waals surface area contributed by atoms with Crippen LogP contribution in [0.5, 0.6) is 0 Å². The summed E-state index contributed by atoms with van der Waals surface area (Å²) < 4.78 is 0. The van der Waals surface area contributed by atoms with Gasteiger partial charge >= 0.3 is 5.69 Å². The van der Waals surface area contributed by atoms with Crippen LogP contribution in [-0.4, -0.2) is 16.5 Å². The first-order valence-electron chi connectivity index (χ1n) is 5.75. The highest BCUT2D eigenvalue weighted by Crippen LogP contribution is 2.23. The van der Waals surface area contributed by atoms with Crippen molar-refractivity contribution in [2.75, 3.05) is 11.9 Å². The first-order chi connectivity index (χ1) is 9.16. The van der Waals surface area contributed by atoms with Gasteiger partial charge in [0.2, 0.25) is 5.82 Å². The summed E-state index contributed by atoms with van der Waals surface area (Å²) >= 11 is 5.74. The van der Waals surface area contributed by atoms with Crippen LogP contribution in [0.15, 0.2) is 42.5 Å². The Balaban J connectivity index is 2.03. The first kappa shape index (κ1) is 13.3. The molecule has 0 atom stereocenters. The van der Waals surface area contributed by atoms with Gasteiger partial charge in [-0.3, -0.25) is 10.1 Å². The number of nitrogens with one attached hydrogen (secondary N) is 1. The van der Waals surface area contributed by atoms with Crippen LogP contribution in [0, 0.1) is 10.1 Å². The lowest BCUT2D eigenvalue weighted by molar-refractivity contribution is -0.384. The summed E-state index contributed by atoms with van der Waals surface area (Å²) in [7, 11) is 0. The van der Waals surface area contributed by atoms with Gasteiger partial charge in [-0.15, -0.1) is 0 Å². The molecule has 6 heteroatoms. The SMILES string of the molecule is O=[N+]([O-])c1ccc(Cl)nc1NCCc1ccccc1. The minimum atomic E-state index is -0.478. The van der Waals surface area contributed by atoms with Crippen molar-refractivity contribution in [3.63, 3.8) is 0 Å². The van der Waals surface area contributed by atoms with Crippen LogP contribution in [0.25, 0.3) is 0 Å². The molecule has 1 N–H and O–H groups in total. The van der Waals surface area contributed by atoms with Crippen molar-refractivity contribution in [3.8, 4) is 0 Å². The standard InChI is InChI=1S/C13H12ClN3O2/c14-12-7-6-11(17(18)19)13(16-12)15-9-8-10-4-2-1-3-5-10/h1-7H,8-9H2,(H,15,16). The average Bonchev–Trinajstić information content (AvgIpc) is 2.39. The van der Waals surface area contributed by atoms with Crippen molar-refractivity contribution >= 4 is 23.1 Å². The van der Waals surface area contributed by atoms with Crippen molar-refractivity contribution in [2.24, 2.45) is 0 Å². The fourth-order valence-corrected chi connectivity index (χ4v) is 1.82. The minimum absolute atomic E-state index is 0.0718. The number of nitro groups is 1. The molecule has 0 bridgehead atoms. The van der Waals surface area contributed by atoms with Crippen molar-refractivity contribution in [3.05, 3.63) is 63.3 Å². The van der Waals surface area contributed by atoms with Crippen LogP contribution >= 0.6 is 11.6 Å². The minimum Gasteiger partial charge on any atom is -0.364 e. The molecule has 0 saturated heterocycles. The van der Waals surface area contributed by atoms with Gasteiger partial charge in [-0.25, -0.2) is 4.98 Å². The molecular formula is C13H12ClN3O2. The Labute approximate surface area is 115 Å². The largest absolute Gasteiger partial charge is 0.364 e. The summed E-state index contributed by atoms with van der Waals surface area (Å²) in [5, 5.41) is 14.0. The Bertz CT molecular complexity index is 575. The zero-order valence-electron chi connectivity index (χ0n) is 10.0. The number of hydrogen-bond donors (Lipinski definition) is 1. The van der Waals surface area contributed by atoms with Crippen LogP contribution in [0.1, 0.15) is 5.56 Å². The number of halogens is 1. The zero-order valence-corrected chi connectivity index (χ0v) is 10.8. The van der Waals surface area contributed by atoms with Gasteiger partial charge in [0.25, 0.3) is 0 Å². The molecule has 98 valence electrons. The Morgan fingerprint density at radius 1 is 1.21 bits per heavy atom. The second-order valence-electron chi connectivity index (χ2n) is 3.92. The van der Waals surface area contributed by atoms with E-state index in [-0.39, 0.29) is 16.7 Å². The number of anilines is 1. The second-order valence-corrected chi connectivity index (χ2v) is 4.31. The maximum atomic E-state index is 10.8. The normalized spacial score (nSPS) is 10.2. The number of pyridine rings is 1. The topological polar surface area (TPSA) is 68.1 Å². The third kappa shape index (κ3) is 3.66. The predicted molar refractivity (Wildman–Crippen MR) is 74.5 cm³/mol. The summed E-state index contributed by atoms with van der Waals surface area (Å²) in [5.41, 5.74) is 1.08. The van der Waals surface area contributed by atoms with Gasteiger partial charge < -0.3 is 5.32 Å². The molecule has 1 aromatic carbocycles.